The molecule has 0 radical (unpaired) electrons. The van der Waals surface area contributed by atoms with E-state index in [1.807, 2.05) is 26.8 Å². The number of nitrogen functional groups attached to an aromatic ring is 1. The number of hydrogen-bond donors (Lipinski definition) is 2. The quantitative estimate of drug-likeness (QED) is 0.285. The second-order valence-electron chi connectivity index (χ2n) is 9.34. The molecule has 0 aliphatic rings. The van der Waals surface area contributed by atoms with Crippen LogP contribution in [0.15, 0.2) is 30.6 Å². The SMILES string of the molecule is COc1c(C(C)n2nc(C)c3c(N)ncnc32)cc(Cl)c(C)c1-c1ccc(C(=O)N(C)C)c(F)c1.O=C(O)C(F)(F)F. The predicted molar refractivity (Wildman–Crippen MR) is 148 cm³/mol. The van der Waals surface area contributed by atoms with Gasteiger partial charge in [-0.25, -0.2) is 23.8 Å². The molecule has 1 atom stereocenters. The molecule has 1 amide bonds. The molecule has 4 rings (SSSR count). The van der Waals surface area contributed by atoms with E-state index < -0.39 is 23.9 Å². The number of carboxylic acids is 1. The molecule has 10 nitrogen and oxygen atoms in total. The summed E-state index contributed by atoms with van der Waals surface area (Å²) in [7, 11) is 4.70. The van der Waals surface area contributed by atoms with Gasteiger partial charge in [-0.15, -0.1) is 0 Å². The minimum absolute atomic E-state index is 0.0123. The lowest BCUT2D eigenvalue weighted by Crippen LogP contribution is -2.22. The van der Waals surface area contributed by atoms with Crippen LogP contribution < -0.4 is 10.5 Å². The summed E-state index contributed by atoms with van der Waals surface area (Å²) in [6.45, 7) is 5.62. The van der Waals surface area contributed by atoms with E-state index in [2.05, 4.69) is 15.1 Å². The minimum atomic E-state index is -5.08. The summed E-state index contributed by atoms with van der Waals surface area (Å²) in [6, 6.07) is 5.95. The molecule has 42 heavy (non-hydrogen) atoms. The molecular weight excluding hydrogens is 584 g/mol. The number of halogens is 5. The number of nitrogens with two attached hydrogens (primary N) is 1. The van der Waals surface area contributed by atoms with Crippen molar-refractivity contribution in [1.29, 1.82) is 0 Å². The second kappa shape index (κ2) is 12.2. The summed E-state index contributed by atoms with van der Waals surface area (Å²) in [5.41, 5.74) is 9.95. The Labute approximate surface area is 242 Å². The number of aliphatic carboxylic acids is 1. The third-order valence-electron chi connectivity index (χ3n) is 6.36. The predicted octanol–water partition coefficient (Wildman–Crippen LogP) is 5.44. The van der Waals surface area contributed by atoms with E-state index in [9.17, 15) is 22.4 Å². The molecule has 2 heterocycles. The van der Waals surface area contributed by atoms with E-state index in [0.717, 1.165) is 11.1 Å². The van der Waals surface area contributed by atoms with Crippen LogP contribution in [0.2, 0.25) is 5.02 Å². The van der Waals surface area contributed by atoms with Crippen LogP contribution in [-0.4, -0.2) is 69.0 Å². The van der Waals surface area contributed by atoms with E-state index in [1.165, 1.54) is 23.4 Å². The highest BCUT2D eigenvalue weighted by molar-refractivity contribution is 6.32. The average molecular weight is 611 g/mol. The van der Waals surface area contributed by atoms with Crippen LogP contribution in [0, 0.1) is 19.7 Å². The molecule has 1 unspecified atom stereocenters. The average Bonchev–Trinajstić information content (AvgIpc) is 3.26. The van der Waals surface area contributed by atoms with Gasteiger partial charge in [0.1, 0.15) is 23.7 Å². The van der Waals surface area contributed by atoms with Gasteiger partial charge in [0.05, 0.1) is 29.8 Å². The summed E-state index contributed by atoms with van der Waals surface area (Å²) in [6.07, 6.45) is -3.69. The number of carboxylic acid groups (broad SMARTS) is 1. The number of aryl methyl sites for hydroxylation is 1. The first-order valence-electron chi connectivity index (χ1n) is 12.1. The molecule has 2 aromatic carbocycles. The van der Waals surface area contributed by atoms with Crippen molar-refractivity contribution < 1.29 is 37.0 Å². The number of rotatable bonds is 5. The van der Waals surface area contributed by atoms with E-state index >= 15 is 0 Å². The fourth-order valence-electron chi connectivity index (χ4n) is 4.28. The van der Waals surface area contributed by atoms with Crippen LogP contribution in [0.25, 0.3) is 22.2 Å². The van der Waals surface area contributed by atoms with Crippen molar-refractivity contribution in [1.82, 2.24) is 24.6 Å². The molecule has 2 aromatic heterocycles. The standard InChI is InChI=1S/C25H26ClFN6O2.C2HF3O2/c1-12-18(26)10-17(14(3)33-24-21(13(2)31-33)23(28)29-11-30-24)22(35-6)20(12)15-7-8-16(19(27)9-15)25(34)32(4)5;3-2(4,5)1(6)7/h7-11,14H,1-6H3,(H2,28,29,30);(H,6,7). The highest BCUT2D eigenvalue weighted by Crippen LogP contribution is 2.44. The molecule has 0 fully saturated rings. The number of hydrogen-bond acceptors (Lipinski definition) is 7. The minimum Gasteiger partial charge on any atom is -0.496 e. The molecule has 0 saturated carbocycles. The molecule has 4 aromatic rings. The van der Waals surface area contributed by atoms with E-state index in [4.69, 9.17) is 32.0 Å². The zero-order valence-electron chi connectivity index (χ0n) is 23.3. The summed E-state index contributed by atoms with van der Waals surface area (Å²) >= 11 is 6.66. The number of amides is 1. The van der Waals surface area contributed by atoms with Crippen LogP contribution in [0.3, 0.4) is 0 Å². The lowest BCUT2D eigenvalue weighted by molar-refractivity contribution is -0.192. The van der Waals surface area contributed by atoms with Gasteiger partial charge in [0.15, 0.2) is 5.65 Å². The van der Waals surface area contributed by atoms with Crippen molar-refractivity contribution in [2.45, 2.75) is 33.0 Å². The lowest BCUT2D eigenvalue weighted by Gasteiger charge is -2.22. The number of fused-ring (bicyclic) bond motifs is 1. The maximum Gasteiger partial charge on any atom is 0.490 e. The number of carbonyl (C=O) groups excluding carboxylic acids is 1. The van der Waals surface area contributed by atoms with Crippen molar-refractivity contribution in [3.05, 3.63) is 63.8 Å². The van der Waals surface area contributed by atoms with E-state index in [0.29, 0.717) is 44.4 Å². The van der Waals surface area contributed by atoms with Gasteiger partial charge in [0.2, 0.25) is 0 Å². The molecule has 0 aliphatic heterocycles. The lowest BCUT2D eigenvalue weighted by atomic mass is 9.93. The first-order chi connectivity index (χ1) is 19.5. The number of benzene rings is 2. The van der Waals surface area contributed by atoms with Crippen molar-refractivity contribution in [2.75, 3.05) is 26.9 Å². The van der Waals surface area contributed by atoms with Gasteiger partial charge in [0.25, 0.3) is 5.91 Å². The van der Waals surface area contributed by atoms with Crippen molar-refractivity contribution in [2.24, 2.45) is 0 Å². The van der Waals surface area contributed by atoms with Gasteiger partial charge in [-0.2, -0.15) is 18.3 Å². The molecule has 224 valence electrons. The Morgan fingerprint density at radius 2 is 1.79 bits per heavy atom. The normalized spacial score (nSPS) is 12.0. The summed E-state index contributed by atoms with van der Waals surface area (Å²) in [5.74, 6) is -2.93. The van der Waals surface area contributed by atoms with Crippen molar-refractivity contribution in [3.63, 3.8) is 0 Å². The first-order valence-corrected chi connectivity index (χ1v) is 12.5. The number of anilines is 1. The monoisotopic (exact) mass is 610 g/mol. The van der Waals surface area contributed by atoms with Gasteiger partial charge >= 0.3 is 12.1 Å². The zero-order chi connectivity index (χ0) is 31.7. The molecule has 0 bridgehead atoms. The fraction of sp³-hybridized carbons (Fsp3) is 0.296. The fourth-order valence-corrected chi connectivity index (χ4v) is 4.49. The van der Waals surface area contributed by atoms with Crippen molar-refractivity contribution >= 4 is 40.3 Å². The molecular formula is C27H27ClF4N6O4. The Bertz CT molecular complexity index is 1670. The van der Waals surface area contributed by atoms with Gasteiger partial charge in [-0.3, -0.25) is 4.79 Å². The van der Waals surface area contributed by atoms with E-state index in [1.54, 1.807) is 32.0 Å². The highest BCUT2D eigenvalue weighted by atomic mass is 35.5. The maximum atomic E-state index is 15.0. The number of aromatic nitrogens is 4. The Morgan fingerprint density at radius 1 is 1.17 bits per heavy atom. The van der Waals surface area contributed by atoms with Gasteiger partial charge in [-0.05, 0) is 50.1 Å². The molecule has 15 heteroatoms. The van der Waals surface area contributed by atoms with Crippen LogP contribution in [0.1, 0.15) is 40.1 Å². The first kappa shape index (κ1) is 32.1. The zero-order valence-corrected chi connectivity index (χ0v) is 24.1. The molecule has 0 aliphatic carbocycles. The van der Waals surface area contributed by atoms with Crippen LogP contribution >= 0.6 is 11.6 Å². The van der Waals surface area contributed by atoms with Gasteiger partial charge in [-0.1, -0.05) is 17.7 Å². The Morgan fingerprint density at radius 3 is 2.31 bits per heavy atom. The highest BCUT2D eigenvalue weighted by Gasteiger charge is 2.38. The largest absolute Gasteiger partial charge is 0.496 e. The van der Waals surface area contributed by atoms with E-state index in [-0.39, 0.29) is 11.6 Å². The number of carbonyl (C=O) groups is 2. The number of methoxy groups -OCH3 is 1. The Balaban J connectivity index is 0.000000616. The Kier molecular flexibility index (Phi) is 9.30. The van der Waals surface area contributed by atoms with Crippen LogP contribution in [0.5, 0.6) is 5.75 Å². The number of nitrogens with zero attached hydrogens (tertiary/aromatic N) is 5. The second-order valence-corrected chi connectivity index (χ2v) is 9.75. The Hall–Kier alpha value is -4.46. The number of alkyl halides is 3. The smallest absolute Gasteiger partial charge is 0.490 e. The molecule has 0 saturated heterocycles. The summed E-state index contributed by atoms with van der Waals surface area (Å²) in [4.78, 5) is 31.0. The molecule has 3 N–H and O–H groups in total. The van der Waals surface area contributed by atoms with Crippen molar-refractivity contribution in [3.8, 4) is 16.9 Å². The summed E-state index contributed by atoms with van der Waals surface area (Å²) < 4.78 is 54.3. The van der Waals surface area contributed by atoms with Gasteiger partial charge < -0.3 is 20.5 Å². The third-order valence-corrected chi connectivity index (χ3v) is 6.75. The third kappa shape index (κ3) is 6.22. The maximum absolute atomic E-state index is 15.0. The topological polar surface area (TPSA) is 136 Å². The summed E-state index contributed by atoms with van der Waals surface area (Å²) in [5, 5.41) is 12.9. The van der Waals surface area contributed by atoms with Crippen LogP contribution in [-0.2, 0) is 4.79 Å². The van der Waals surface area contributed by atoms with Gasteiger partial charge in [0, 0.05) is 30.2 Å². The van der Waals surface area contributed by atoms with Crippen LogP contribution in [0.4, 0.5) is 23.4 Å². The number of ether oxygens (including phenoxy) is 1. The molecule has 0 spiro atoms.